The number of aryl methyl sites for hydroxylation is 3. The lowest BCUT2D eigenvalue weighted by atomic mass is 10.3. The van der Waals surface area contributed by atoms with Gasteiger partial charge in [0.2, 0.25) is 0 Å². The molecule has 7 nitrogen and oxygen atoms in total. The van der Waals surface area contributed by atoms with Gasteiger partial charge in [-0.1, -0.05) is 6.07 Å². The van der Waals surface area contributed by atoms with Gasteiger partial charge in [0.25, 0.3) is 0 Å². The van der Waals surface area contributed by atoms with Crippen molar-refractivity contribution in [3.8, 4) is 5.82 Å². The minimum absolute atomic E-state index is 0.428. The highest BCUT2D eigenvalue weighted by atomic mass is 15.3. The third-order valence-corrected chi connectivity index (χ3v) is 3.21. The fraction of sp³-hybridized carbons (Fsp3) is 0.200. The zero-order valence-electron chi connectivity index (χ0n) is 12.7. The first-order valence-electron chi connectivity index (χ1n) is 6.89. The quantitative estimate of drug-likeness (QED) is 0.770. The standard InChI is InChI=1S/C15H17N7/c1-9-5-4-6-12(19-9)20-14-13(16)15(18-8-17-14)22-11(3)7-10(2)21-22/h4-8H,16H2,1-3H3,(H,17,18,19,20). The number of aromatic nitrogens is 5. The summed E-state index contributed by atoms with van der Waals surface area (Å²) in [5, 5.41) is 7.53. The van der Waals surface area contributed by atoms with Crippen LogP contribution in [-0.4, -0.2) is 24.7 Å². The van der Waals surface area contributed by atoms with Crippen LogP contribution < -0.4 is 11.1 Å². The molecule has 0 bridgehead atoms. The van der Waals surface area contributed by atoms with E-state index in [2.05, 4.69) is 25.4 Å². The number of hydrogen-bond donors (Lipinski definition) is 2. The van der Waals surface area contributed by atoms with E-state index in [4.69, 9.17) is 5.73 Å². The van der Waals surface area contributed by atoms with E-state index in [0.717, 1.165) is 17.1 Å². The molecule has 3 N–H and O–H groups in total. The summed E-state index contributed by atoms with van der Waals surface area (Å²) in [5.41, 5.74) is 9.41. The second kappa shape index (κ2) is 5.44. The summed E-state index contributed by atoms with van der Waals surface area (Å²) in [7, 11) is 0. The number of nitrogens with two attached hydrogens (primary N) is 1. The number of nitrogens with one attached hydrogen (secondary N) is 1. The van der Waals surface area contributed by atoms with Crippen LogP contribution in [0.3, 0.4) is 0 Å². The number of rotatable bonds is 3. The van der Waals surface area contributed by atoms with Gasteiger partial charge < -0.3 is 11.1 Å². The highest BCUT2D eigenvalue weighted by Crippen LogP contribution is 2.24. The molecule has 0 atom stereocenters. The molecular formula is C15H17N7. The Balaban J connectivity index is 2.01. The fourth-order valence-corrected chi connectivity index (χ4v) is 2.23. The van der Waals surface area contributed by atoms with Crippen molar-refractivity contribution in [2.45, 2.75) is 20.8 Å². The first-order valence-corrected chi connectivity index (χ1v) is 6.89. The van der Waals surface area contributed by atoms with E-state index in [1.54, 1.807) is 4.68 Å². The van der Waals surface area contributed by atoms with Gasteiger partial charge in [-0.25, -0.2) is 19.6 Å². The van der Waals surface area contributed by atoms with Crippen molar-refractivity contribution in [3.05, 3.63) is 47.7 Å². The highest BCUT2D eigenvalue weighted by Gasteiger charge is 2.13. The van der Waals surface area contributed by atoms with Crippen molar-refractivity contribution in [3.63, 3.8) is 0 Å². The Morgan fingerprint density at radius 1 is 1.09 bits per heavy atom. The van der Waals surface area contributed by atoms with E-state index in [0.29, 0.717) is 23.1 Å². The summed E-state index contributed by atoms with van der Waals surface area (Å²) in [4.78, 5) is 12.8. The zero-order chi connectivity index (χ0) is 15.7. The van der Waals surface area contributed by atoms with Gasteiger partial charge in [0.15, 0.2) is 11.6 Å². The summed E-state index contributed by atoms with van der Waals surface area (Å²) in [6, 6.07) is 7.67. The molecule has 0 radical (unpaired) electrons. The lowest BCUT2D eigenvalue weighted by molar-refractivity contribution is 0.804. The SMILES string of the molecule is Cc1cccc(Nc2ncnc(-n3nc(C)cc3C)c2N)n1. The van der Waals surface area contributed by atoms with Crippen LogP contribution in [0.4, 0.5) is 17.3 Å². The summed E-state index contributed by atoms with van der Waals surface area (Å²) in [6.07, 6.45) is 1.46. The molecule has 0 aliphatic heterocycles. The Bertz CT molecular complexity index is 823. The van der Waals surface area contributed by atoms with E-state index < -0.39 is 0 Å². The first kappa shape index (κ1) is 14.0. The van der Waals surface area contributed by atoms with Crippen molar-refractivity contribution in [2.24, 2.45) is 0 Å². The molecule has 22 heavy (non-hydrogen) atoms. The molecule has 3 aromatic heterocycles. The fourth-order valence-electron chi connectivity index (χ4n) is 2.23. The topological polar surface area (TPSA) is 94.5 Å². The smallest absolute Gasteiger partial charge is 0.182 e. The lowest BCUT2D eigenvalue weighted by Crippen LogP contribution is -2.10. The molecule has 0 aliphatic rings. The maximum Gasteiger partial charge on any atom is 0.182 e. The molecule has 0 aliphatic carbocycles. The molecule has 0 fully saturated rings. The highest BCUT2D eigenvalue weighted by molar-refractivity contribution is 5.72. The van der Waals surface area contributed by atoms with Crippen LogP contribution in [0.1, 0.15) is 17.1 Å². The van der Waals surface area contributed by atoms with E-state index in [-0.39, 0.29) is 0 Å². The molecule has 0 unspecified atom stereocenters. The van der Waals surface area contributed by atoms with E-state index in [9.17, 15) is 0 Å². The number of hydrogen-bond acceptors (Lipinski definition) is 6. The molecule has 0 saturated carbocycles. The maximum atomic E-state index is 6.20. The molecule has 7 heteroatoms. The summed E-state index contributed by atoms with van der Waals surface area (Å²) >= 11 is 0. The van der Waals surface area contributed by atoms with E-state index >= 15 is 0 Å². The Hall–Kier alpha value is -2.96. The van der Waals surface area contributed by atoms with Crippen molar-refractivity contribution in [2.75, 3.05) is 11.1 Å². The Morgan fingerprint density at radius 2 is 1.91 bits per heavy atom. The Labute approximate surface area is 128 Å². The van der Waals surface area contributed by atoms with Crippen LogP contribution in [-0.2, 0) is 0 Å². The zero-order valence-corrected chi connectivity index (χ0v) is 12.7. The van der Waals surface area contributed by atoms with Crippen LogP contribution in [0, 0.1) is 20.8 Å². The predicted octanol–water partition coefficient (Wildman–Crippen LogP) is 2.31. The molecule has 3 heterocycles. The van der Waals surface area contributed by atoms with Crippen molar-refractivity contribution >= 4 is 17.3 Å². The van der Waals surface area contributed by atoms with Crippen LogP contribution >= 0.6 is 0 Å². The molecule has 3 rings (SSSR count). The van der Waals surface area contributed by atoms with Crippen LogP contribution in [0.25, 0.3) is 5.82 Å². The minimum atomic E-state index is 0.428. The average molecular weight is 295 g/mol. The van der Waals surface area contributed by atoms with Gasteiger partial charge >= 0.3 is 0 Å². The van der Waals surface area contributed by atoms with Gasteiger partial charge in [-0.15, -0.1) is 0 Å². The predicted molar refractivity (Wildman–Crippen MR) is 85.3 cm³/mol. The maximum absolute atomic E-state index is 6.20. The van der Waals surface area contributed by atoms with Gasteiger partial charge in [-0.3, -0.25) is 0 Å². The molecule has 3 aromatic rings. The molecule has 0 amide bonds. The number of pyridine rings is 1. The second-order valence-corrected chi connectivity index (χ2v) is 5.09. The van der Waals surface area contributed by atoms with Crippen LogP contribution in [0.2, 0.25) is 0 Å². The van der Waals surface area contributed by atoms with Gasteiger partial charge in [-0.2, -0.15) is 5.10 Å². The summed E-state index contributed by atoms with van der Waals surface area (Å²) < 4.78 is 1.71. The monoisotopic (exact) mass is 295 g/mol. The Kier molecular flexibility index (Phi) is 3.46. The number of nitrogen functional groups attached to an aromatic ring is 1. The third-order valence-electron chi connectivity index (χ3n) is 3.21. The average Bonchev–Trinajstić information content (AvgIpc) is 2.80. The second-order valence-electron chi connectivity index (χ2n) is 5.09. The first-order chi connectivity index (χ1) is 10.5. The van der Waals surface area contributed by atoms with Gasteiger partial charge in [0, 0.05) is 11.4 Å². The molecule has 0 spiro atoms. The van der Waals surface area contributed by atoms with Gasteiger partial charge in [0.1, 0.15) is 17.8 Å². The third kappa shape index (κ3) is 2.60. The largest absolute Gasteiger partial charge is 0.393 e. The molecular weight excluding hydrogens is 278 g/mol. The number of nitrogens with zero attached hydrogens (tertiary/aromatic N) is 5. The minimum Gasteiger partial charge on any atom is -0.393 e. The van der Waals surface area contributed by atoms with E-state index in [1.165, 1.54) is 6.33 Å². The lowest BCUT2D eigenvalue weighted by Gasteiger charge is -2.11. The summed E-state index contributed by atoms with van der Waals surface area (Å²) in [6.45, 7) is 5.81. The molecule has 0 aromatic carbocycles. The van der Waals surface area contributed by atoms with Crippen LogP contribution in [0.5, 0.6) is 0 Å². The number of anilines is 3. The van der Waals surface area contributed by atoms with Gasteiger partial charge in [-0.05, 0) is 39.0 Å². The Morgan fingerprint density at radius 3 is 2.59 bits per heavy atom. The van der Waals surface area contributed by atoms with Crippen molar-refractivity contribution in [1.82, 2.24) is 24.7 Å². The van der Waals surface area contributed by atoms with E-state index in [1.807, 2.05) is 45.0 Å². The molecule has 0 saturated heterocycles. The van der Waals surface area contributed by atoms with Crippen LogP contribution in [0.15, 0.2) is 30.6 Å². The van der Waals surface area contributed by atoms with Crippen molar-refractivity contribution < 1.29 is 0 Å². The van der Waals surface area contributed by atoms with Crippen molar-refractivity contribution in [1.29, 1.82) is 0 Å². The summed E-state index contributed by atoms with van der Waals surface area (Å²) in [5.74, 6) is 1.75. The normalized spacial score (nSPS) is 10.7. The molecule has 112 valence electrons. The van der Waals surface area contributed by atoms with Gasteiger partial charge in [0.05, 0.1) is 5.69 Å².